The molecule has 1 atom stereocenters. The molecule has 2 fully saturated rings. The van der Waals surface area contributed by atoms with Crippen LogP contribution in [0.2, 0.25) is 0 Å². The van der Waals surface area contributed by atoms with Crippen molar-refractivity contribution in [2.24, 2.45) is 5.73 Å². The Morgan fingerprint density at radius 1 is 1.37 bits per heavy atom. The van der Waals surface area contributed by atoms with E-state index in [0.717, 1.165) is 31.7 Å². The van der Waals surface area contributed by atoms with Gasteiger partial charge in [-0.1, -0.05) is 12.8 Å². The van der Waals surface area contributed by atoms with Gasteiger partial charge in [-0.2, -0.15) is 0 Å². The van der Waals surface area contributed by atoms with Crippen LogP contribution in [0.25, 0.3) is 0 Å². The van der Waals surface area contributed by atoms with Crippen molar-refractivity contribution in [2.45, 2.75) is 63.1 Å². The van der Waals surface area contributed by atoms with Crippen LogP contribution in [-0.2, 0) is 4.79 Å². The molecule has 0 radical (unpaired) electrons. The maximum Gasteiger partial charge on any atom is 0.240 e. The molecule has 2 saturated carbocycles. The largest absolute Gasteiger partial charge is 0.353 e. The second-order valence-electron chi connectivity index (χ2n) is 5.82. The summed E-state index contributed by atoms with van der Waals surface area (Å²) in [6, 6.07) is 1.14. The van der Waals surface area contributed by atoms with Crippen LogP contribution < -0.4 is 11.1 Å². The number of carbonyl (C=O) groups excluding carboxylic acids is 1. The highest BCUT2D eigenvalue weighted by molar-refractivity contribution is 5.86. The summed E-state index contributed by atoms with van der Waals surface area (Å²) < 4.78 is 0. The molecular weight excluding hydrogens is 285 g/mol. The Bertz CT molecular complexity index is 292. The van der Waals surface area contributed by atoms with Gasteiger partial charge in [0.05, 0.1) is 5.54 Å². The van der Waals surface area contributed by atoms with Gasteiger partial charge < -0.3 is 11.1 Å². The highest BCUT2D eigenvalue weighted by atomic mass is 35.5. The average Bonchev–Trinajstić information content (AvgIpc) is 3.07. The number of likely N-dealkylation sites (N-methyl/N-ethyl adjacent to an activating group) is 1. The minimum atomic E-state index is -0.585. The van der Waals surface area contributed by atoms with Crippen molar-refractivity contribution >= 4 is 30.7 Å². The van der Waals surface area contributed by atoms with E-state index in [1.54, 1.807) is 0 Å². The SMILES string of the molecule is CC(CNC(=O)C1(N)CCCC1)N(C)C1CC1.Cl.Cl. The highest BCUT2D eigenvalue weighted by Crippen LogP contribution is 2.28. The Hall–Kier alpha value is -0.0300. The van der Waals surface area contributed by atoms with Gasteiger partial charge in [-0.3, -0.25) is 9.69 Å². The lowest BCUT2D eigenvalue weighted by Gasteiger charge is -2.27. The fourth-order valence-electron chi connectivity index (χ4n) is 2.64. The standard InChI is InChI=1S/C13H25N3O.2ClH/c1-10(16(2)11-5-6-11)9-15-12(17)13(14)7-3-4-8-13;;/h10-11H,3-9,14H2,1-2H3,(H,15,17);2*1H. The predicted octanol–water partition coefficient (Wildman–Crippen LogP) is 1.70. The van der Waals surface area contributed by atoms with Gasteiger partial charge in [0, 0.05) is 18.6 Å². The van der Waals surface area contributed by atoms with Gasteiger partial charge in [0.1, 0.15) is 0 Å². The summed E-state index contributed by atoms with van der Waals surface area (Å²) in [5.74, 6) is 0.0473. The lowest BCUT2D eigenvalue weighted by atomic mass is 9.98. The number of nitrogens with one attached hydrogen (secondary N) is 1. The van der Waals surface area contributed by atoms with Crippen LogP contribution in [-0.4, -0.2) is 42.0 Å². The first-order chi connectivity index (χ1) is 8.03. The third-order valence-corrected chi connectivity index (χ3v) is 4.32. The van der Waals surface area contributed by atoms with Crippen molar-refractivity contribution in [1.29, 1.82) is 0 Å². The Labute approximate surface area is 128 Å². The number of hydrogen-bond acceptors (Lipinski definition) is 3. The van der Waals surface area contributed by atoms with E-state index in [4.69, 9.17) is 5.73 Å². The molecular formula is C13H27Cl2N3O. The van der Waals surface area contributed by atoms with E-state index in [-0.39, 0.29) is 30.7 Å². The maximum atomic E-state index is 12.0. The highest BCUT2D eigenvalue weighted by Gasteiger charge is 2.37. The Morgan fingerprint density at radius 3 is 2.37 bits per heavy atom. The van der Waals surface area contributed by atoms with E-state index in [1.807, 2.05) is 0 Å². The lowest BCUT2D eigenvalue weighted by Crippen LogP contribution is -2.54. The Balaban J connectivity index is 0.00000162. The fraction of sp³-hybridized carbons (Fsp3) is 0.923. The van der Waals surface area contributed by atoms with Crippen molar-refractivity contribution < 1.29 is 4.79 Å². The quantitative estimate of drug-likeness (QED) is 0.812. The zero-order chi connectivity index (χ0) is 12.5. The maximum absolute atomic E-state index is 12.0. The summed E-state index contributed by atoms with van der Waals surface area (Å²) in [7, 11) is 2.14. The Kier molecular flexibility index (Phi) is 7.66. The summed E-state index contributed by atoms with van der Waals surface area (Å²) in [4.78, 5) is 14.4. The van der Waals surface area contributed by atoms with Gasteiger partial charge >= 0.3 is 0 Å². The van der Waals surface area contributed by atoms with Gasteiger partial charge in [-0.25, -0.2) is 0 Å². The third-order valence-electron chi connectivity index (χ3n) is 4.32. The predicted molar refractivity (Wildman–Crippen MR) is 83.1 cm³/mol. The van der Waals surface area contributed by atoms with Gasteiger partial charge in [-0.05, 0) is 39.7 Å². The van der Waals surface area contributed by atoms with Crippen molar-refractivity contribution in [3.05, 3.63) is 0 Å². The minimum Gasteiger partial charge on any atom is -0.353 e. The van der Waals surface area contributed by atoms with Crippen LogP contribution in [0.1, 0.15) is 45.4 Å². The van der Waals surface area contributed by atoms with Gasteiger partial charge in [0.15, 0.2) is 0 Å². The van der Waals surface area contributed by atoms with Crippen LogP contribution in [0.5, 0.6) is 0 Å². The summed E-state index contributed by atoms with van der Waals surface area (Å²) in [6.45, 7) is 2.88. The molecule has 0 heterocycles. The number of hydrogen-bond donors (Lipinski definition) is 2. The van der Waals surface area contributed by atoms with Crippen molar-refractivity contribution in [2.75, 3.05) is 13.6 Å². The molecule has 0 spiro atoms. The minimum absolute atomic E-state index is 0. The van der Waals surface area contributed by atoms with E-state index >= 15 is 0 Å². The molecule has 19 heavy (non-hydrogen) atoms. The number of nitrogens with zero attached hydrogens (tertiary/aromatic N) is 1. The first-order valence-corrected chi connectivity index (χ1v) is 6.82. The number of halogens is 2. The van der Waals surface area contributed by atoms with Crippen molar-refractivity contribution in [3.8, 4) is 0 Å². The summed E-state index contributed by atoms with van der Waals surface area (Å²) in [5.41, 5.74) is 5.53. The van der Waals surface area contributed by atoms with Crippen molar-refractivity contribution in [3.63, 3.8) is 0 Å². The average molecular weight is 312 g/mol. The number of rotatable bonds is 5. The molecule has 0 aliphatic heterocycles. The van der Waals surface area contributed by atoms with Crippen LogP contribution in [0.15, 0.2) is 0 Å². The van der Waals surface area contributed by atoms with Crippen LogP contribution in [0.3, 0.4) is 0 Å². The third kappa shape index (κ3) is 4.78. The topological polar surface area (TPSA) is 58.4 Å². The van der Waals surface area contributed by atoms with Gasteiger partial charge in [0.25, 0.3) is 0 Å². The molecule has 0 aromatic heterocycles. The number of nitrogens with two attached hydrogens (primary N) is 1. The zero-order valence-electron chi connectivity index (χ0n) is 11.9. The molecule has 1 amide bonds. The molecule has 0 bridgehead atoms. The molecule has 0 aromatic rings. The van der Waals surface area contributed by atoms with Gasteiger partial charge in [-0.15, -0.1) is 24.8 Å². The fourth-order valence-corrected chi connectivity index (χ4v) is 2.64. The second-order valence-corrected chi connectivity index (χ2v) is 5.82. The zero-order valence-corrected chi connectivity index (χ0v) is 13.5. The van der Waals surface area contributed by atoms with Crippen molar-refractivity contribution in [1.82, 2.24) is 10.2 Å². The van der Waals surface area contributed by atoms with Crippen LogP contribution in [0.4, 0.5) is 0 Å². The summed E-state index contributed by atoms with van der Waals surface area (Å²) >= 11 is 0. The smallest absolute Gasteiger partial charge is 0.240 e. The lowest BCUT2D eigenvalue weighted by molar-refractivity contribution is -0.126. The Morgan fingerprint density at radius 2 is 1.89 bits per heavy atom. The number of amides is 1. The molecule has 3 N–H and O–H groups in total. The monoisotopic (exact) mass is 311 g/mol. The first kappa shape index (κ1) is 19.0. The molecule has 0 aromatic carbocycles. The molecule has 2 aliphatic carbocycles. The summed E-state index contributed by atoms with van der Waals surface area (Å²) in [5, 5.41) is 3.02. The van der Waals surface area contributed by atoms with E-state index in [1.165, 1.54) is 12.8 Å². The van der Waals surface area contributed by atoms with E-state index in [2.05, 4.69) is 24.2 Å². The van der Waals surface area contributed by atoms with E-state index in [9.17, 15) is 4.79 Å². The normalized spacial score (nSPS) is 22.3. The summed E-state index contributed by atoms with van der Waals surface area (Å²) in [6.07, 6.45) is 6.45. The van der Waals surface area contributed by atoms with Gasteiger partial charge in [0.2, 0.25) is 5.91 Å². The van der Waals surface area contributed by atoms with Crippen LogP contribution >= 0.6 is 24.8 Å². The second kappa shape index (κ2) is 7.67. The molecule has 114 valence electrons. The molecule has 6 heteroatoms. The first-order valence-electron chi connectivity index (χ1n) is 6.82. The number of carbonyl (C=O) groups is 1. The van der Waals surface area contributed by atoms with E-state index < -0.39 is 5.54 Å². The molecule has 0 saturated heterocycles. The molecule has 2 aliphatic rings. The van der Waals surface area contributed by atoms with E-state index in [0.29, 0.717) is 12.6 Å². The van der Waals surface area contributed by atoms with Crippen LogP contribution in [0, 0.1) is 0 Å². The molecule has 1 unspecified atom stereocenters. The molecule has 4 nitrogen and oxygen atoms in total. The molecule has 2 rings (SSSR count).